The quantitative estimate of drug-likeness (QED) is 0.695. The smallest absolute Gasteiger partial charge is 0.0648 e. The Hall–Kier alpha value is -2.35. The van der Waals surface area contributed by atoms with Crippen LogP contribution in [0, 0.1) is 6.92 Å². The maximum absolute atomic E-state index is 4.71. The summed E-state index contributed by atoms with van der Waals surface area (Å²) in [5.74, 6) is 0. The summed E-state index contributed by atoms with van der Waals surface area (Å²) in [6, 6.07) is 23.0. The number of aryl methyl sites for hydroxylation is 3. The van der Waals surface area contributed by atoms with Crippen LogP contribution in [0.3, 0.4) is 0 Å². The topological polar surface area (TPSA) is 17.8 Å². The normalized spacial score (nSPS) is 10.7. The van der Waals surface area contributed by atoms with Crippen molar-refractivity contribution in [1.29, 1.82) is 0 Å². The van der Waals surface area contributed by atoms with E-state index in [0.717, 1.165) is 24.2 Å². The average molecular weight is 262 g/mol. The van der Waals surface area contributed by atoms with Crippen LogP contribution in [-0.4, -0.2) is 9.78 Å². The van der Waals surface area contributed by atoms with Crippen LogP contribution in [0.5, 0.6) is 0 Å². The molecule has 2 nitrogen and oxygen atoms in total. The molecule has 0 aliphatic heterocycles. The molecule has 0 amide bonds. The van der Waals surface area contributed by atoms with Crippen molar-refractivity contribution >= 4 is 0 Å². The van der Waals surface area contributed by atoms with E-state index in [9.17, 15) is 0 Å². The highest BCUT2D eigenvalue weighted by molar-refractivity contribution is 5.33. The molecule has 0 fully saturated rings. The fraction of sp³-hybridized carbons (Fsp3) is 0.167. The fourth-order valence-corrected chi connectivity index (χ4v) is 2.41. The molecule has 2 heteroatoms. The largest absolute Gasteiger partial charge is 0.238 e. The number of benzene rings is 2. The fourth-order valence-electron chi connectivity index (χ4n) is 2.41. The van der Waals surface area contributed by atoms with Crippen LogP contribution in [-0.2, 0) is 12.8 Å². The van der Waals surface area contributed by atoms with Crippen molar-refractivity contribution in [3.05, 3.63) is 83.7 Å². The molecule has 0 N–H and O–H groups in total. The Bertz CT molecular complexity index is 669. The van der Waals surface area contributed by atoms with Crippen molar-refractivity contribution < 1.29 is 0 Å². The first-order valence-corrected chi connectivity index (χ1v) is 6.98. The van der Waals surface area contributed by atoms with Crippen molar-refractivity contribution in [1.82, 2.24) is 9.78 Å². The van der Waals surface area contributed by atoms with Crippen LogP contribution in [0.15, 0.2) is 66.7 Å². The van der Waals surface area contributed by atoms with Gasteiger partial charge in [0.2, 0.25) is 0 Å². The number of hydrogen-bond acceptors (Lipinski definition) is 1. The summed E-state index contributed by atoms with van der Waals surface area (Å²) in [5, 5.41) is 4.71. The second kappa shape index (κ2) is 5.74. The molecule has 0 aliphatic rings. The third kappa shape index (κ3) is 2.80. The summed E-state index contributed by atoms with van der Waals surface area (Å²) in [7, 11) is 0. The predicted molar refractivity (Wildman–Crippen MR) is 82.2 cm³/mol. The minimum absolute atomic E-state index is 0.977. The van der Waals surface area contributed by atoms with E-state index in [2.05, 4.69) is 55.5 Å². The van der Waals surface area contributed by atoms with Gasteiger partial charge in [0.25, 0.3) is 0 Å². The van der Waals surface area contributed by atoms with Crippen molar-refractivity contribution in [2.45, 2.75) is 19.8 Å². The van der Waals surface area contributed by atoms with Crippen molar-refractivity contribution in [3.8, 4) is 5.69 Å². The number of para-hydroxylation sites is 1. The van der Waals surface area contributed by atoms with Gasteiger partial charge in [-0.05, 0) is 43.5 Å². The Morgan fingerprint density at radius 2 is 1.50 bits per heavy atom. The van der Waals surface area contributed by atoms with Gasteiger partial charge in [0.15, 0.2) is 0 Å². The van der Waals surface area contributed by atoms with Gasteiger partial charge in [0.05, 0.1) is 11.4 Å². The Balaban J connectivity index is 1.76. The van der Waals surface area contributed by atoms with Gasteiger partial charge in [0, 0.05) is 5.69 Å². The number of nitrogens with zero attached hydrogens (tertiary/aromatic N) is 2. The van der Waals surface area contributed by atoms with Gasteiger partial charge in [-0.1, -0.05) is 48.5 Å². The van der Waals surface area contributed by atoms with Gasteiger partial charge < -0.3 is 0 Å². The first-order valence-electron chi connectivity index (χ1n) is 6.98. The number of aromatic nitrogens is 2. The molecule has 0 bridgehead atoms. The summed E-state index contributed by atoms with van der Waals surface area (Å²) >= 11 is 0. The molecule has 100 valence electrons. The first kappa shape index (κ1) is 12.7. The molecule has 0 saturated carbocycles. The molecular weight excluding hydrogens is 244 g/mol. The monoisotopic (exact) mass is 262 g/mol. The van der Waals surface area contributed by atoms with Crippen LogP contribution in [0.4, 0.5) is 0 Å². The van der Waals surface area contributed by atoms with E-state index in [1.807, 2.05) is 22.9 Å². The van der Waals surface area contributed by atoms with E-state index in [0.29, 0.717) is 0 Å². The molecule has 3 aromatic rings. The molecule has 0 saturated heterocycles. The Kier molecular flexibility index (Phi) is 3.64. The average Bonchev–Trinajstić information content (AvgIpc) is 2.88. The molecule has 3 rings (SSSR count). The lowest BCUT2D eigenvalue weighted by atomic mass is 10.1. The minimum atomic E-state index is 0.977. The van der Waals surface area contributed by atoms with E-state index in [1.165, 1.54) is 11.3 Å². The summed E-state index contributed by atoms with van der Waals surface area (Å²) < 4.78 is 2.01. The Morgan fingerprint density at radius 1 is 0.850 bits per heavy atom. The maximum atomic E-state index is 4.71. The van der Waals surface area contributed by atoms with Crippen molar-refractivity contribution in [3.63, 3.8) is 0 Å². The summed E-state index contributed by atoms with van der Waals surface area (Å²) in [6.07, 6.45) is 2.01. The van der Waals surface area contributed by atoms with E-state index in [-0.39, 0.29) is 0 Å². The van der Waals surface area contributed by atoms with Crippen LogP contribution in [0.2, 0.25) is 0 Å². The zero-order chi connectivity index (χ0) is 13.8. The molecule has 2 aromatic carbocycles. The molecule has 1 heterocycles. The van der Waals surface area contributed by atoms with Crippen molar-refractivity contribution in [2.75, 3.05) is 0 Å². The molecule has 0 spiro atoms. The molecule has 0 unspecified atom stereocenters. The summed E-state index contributed by atoms with van der Waals surface area (Å²) in [5.41, 5.74) is 4.81. The van der Waals surface area contributed by atoms with Gasteiger partial charge in [-0.2, -0.15) is 5.10 Å². The number of rotatable bonds is 4. The second-order valence-corrected chi connectivity index (χ2v) is 5.01. The molecule has 20 heavy (non-hydrogen) atoms. The van der Waals surface area contributed by atoms with Gasteiger partial charge in [-0.15, -0.1) is 0 Å². The lowest BCUT2D eigenvalue weighted by Crippen LogP contribution is -1.99. The molecular formula is C18H18N2. The summed E-state index contributed by atoms with van der Waals surface area (Å²) in [4.78, 5) is 0. The third-order valence-corrected chi connectivity index (χ3v) is 3.45. The standard InChI is InChI=1S/C18H18N2/c1-15-14-17(13-12-16-8-4-2-5-9-16)19-20(15)18-10-6-3-7-11-18/h2-11,14H,12-13H2,1H3. The zero-order valence-corrected chi connectivity index (χ0v) is 11.7. The third-order valence-electron chi connectivity index (χ3n) is 3.45. The molecule has 1 aromatic heterocycles. The van der Waals surface area contributed by atoms with Crippen molar-refractivity contribution in [2.24, 2.45) is 0 Å². The molecule has 0 radical (unpaired) electrons. The zero-order valence-electron chi connectivity index (χ0n) is 11.7. The highest BCUT2D eigenvalue weighted by Gasteiger charge is 2.06. The highest BCUT2D eigenvalue weighted by atomic mass is 15.3. The van der Waals surface area contributed by atoms with Gasteiger partial charge in [0.1, 0.15) is 0 Å². The minimum Gasteiger partial charge on any atom is -0.238 e. The van der Waals surface area contributed by atoms with Crippen LogP contribution in [0.1, 0.15) is 17.0 Å². The maximum Gasteiger partial charge on any atom is 0.0648 e. The lowest BCUT2D eigenvalue weighted by molar-refractivity contribution is 0.801. The van der Waals surface area contributed by atoms with Gasteiger partial charge in [-0.25, -0.2) is 4.68 Å². The predicted octanol–water partition coefficient (Wildman–Crippen LogP) is 3.97. The van der Waals surface area contributed by atoms with Crippen LogP contribution in [0.25, 0.3) is 5.69 Å². The summed E-state index contributed by atoms with van der Waals surface area (Å²) in [6.45, 7) is 2.10. The highest BCUT2D eigenvalue weighted by Crippen LogP contribution is 2.13. The van der Waals surface area contributed by atoms with Crippen LogP contribution < -0.4 is 0 Å². The molecule has 0 aliphatic carbocycles. The SMILES string of the molecule is Cc1cc(CCc2ccccc2)nn1-c1ccccc1. The Labute approximate surface area is 119 Å². The van der Waals surface area contributed by atoms with E-state index in [4.69, 9.17) is 5.10 Å². The van der Waals surface area contributed by atoms with E-state index < -0.39 is 0 Å². The van der Waals surface area contributed by atoms with E-state index >= 15 is 0 Å². The molecule has 0 atom stereocenters. The van der Waals surface area contributed by atoms with Crippen LogP contribution >= 0.6 is 0 Å². The first-order chi connectivity index (χ1) is 9.83. The van der Waals surface area contributed by atoms with E-state index in [1.54, 1.807) is 0 Å². The van der Waals surface area contributed by atoms with Gasteiger partial charge in [-0.3, -0.25) is 0 Å². The second-order valence-electron chi connectivity index (χ2n) is 5.01. The van der Waals surface area contributed by atoms with Gasteiger partial charge >= 0.3 is 0 Å². The lowest BCUT2D eigenvalue weighted by Gasteiger charge is -2.03. The number of hydrogen-bond donors (Lipinski definition) is 0. The Morgan fingerprint density at radius 3 is 2.20 bits per heavy atom.